The largest absolute Gasteiger partial charge is 0.480 e. The lowest BCUT2D eigenvalue weighted by Crippen LogP contribution is -2.52. The molecule has 1 aromatic heterocycles. The molecule has 17 heavy (non-hydrogen) atoms. The summed E-state index contributed by atoms with van der Waals surface area (Å²) in [4.78, 5) is 23.2. The highest BCUT2D eigenvalue weighted by Gasteiger charge is 2.42. The van der Waals surface area contributed by atoms with Crippen LogP contribution in [0.2, 0.25) is 0 Å². The zero-order valence-electron chi connectivity index (χ0n) is 9.64. The van der Waals surface area contributed by atoms with E-state index in [2.05, 4.69) is 10.4 Å². The molecule has 0 aromatic carbocycles. The number of aliphatic carboxylic acids is 1. The molecule has 1 fully saturated rings. The summed E-state index contributed by atoms with van der Waals surface area (Å²) in [6, 6.07) is 1.57. The van der Waals surface area contributed by atoms with E-state index >= 15 is 0 Å². The number of rotatable bonds is 3. The molecule has 0 saturated heterocycles. The molecule has 92 valence electrons. The Morgan fingerprint density at radius 2 is 2.12 bits per heavy atom. The van der Waals surface area contributed by atoms with Crippen molar-refractivity contribution < 1.29 is 14.7 Å². The number of hydrogen-bond acceptors (Lipinski definition) is 3. The van der Waals surface area contributed by atoms with Crippen molar-refractivity contribution in [1.29, 1.82) is 0 Å². The van der Waals surface area contributed by atoms with Crippen molar-refractivity contribution in [2.24, 2.45) is 7.05 Å². The van der Waals surface area contributed by atoms with E-state index < -0.39 is 11.5 Å². The van der Waals surface area contributed by atoms with Crippen molar-refractivity contribution >= 4 is 11.9 Å². The maximum atomic E-state index is 12.0. The van der Waals surface area contributed by atoms with Gasteiger partial charge in [-0.25, -0.2) is 4.79 Å². The van der Waals surface area contributed by atoms with Crippen LogP contribution in [-0.2, 0) is 11.8 Å². The molecule has 1 heterocycles. The van der Waals surface area contributed by atoms with Gasteiger partial charge in [0.15, 0.2) is 0 Å². The summed E-state index contributed by atoms with van der Waals surface area (Å²) in [5, 5.41) is 15.8. The fourth-order valence-electron chi connectivity index (χ4n) is 2.25. The lowest BCUT2D eigenvalue weighted by atomic mass is 9.97. The molecule has 0 atom stereocenters. The van der Waals surface area contributed by atoms with Crippen LogP contribution in [0.4, 0.5) is 0 Å². The van der Waals surface area contributed by atoms with Crippen LogP contribution in [0.3, 0.4) is 0 Å². The molecule has 0 spiro atoms. The fraction of sp³-hybridized carbons (Fsp3) is 0.545. The number of nitrogens with zero attached hydrogens (tertiary/aromatic N) is 2. The highest BCUT2D eigenvalue weighted by atomic mass is 16.4. The number of nitrogens with one attached hydrogen (secondary N) is 1. The van der Waals surface area contributed by atoms with E-state index in [-0.39, 0.29) is 5.91 Å². The molecule has 1 saturated carbocycles. The van der Waals surface area contributed by atoms with E-state index in [4.69, 9.17) is 0 Å². The quantitative estimate of drug-likeness (QED) is 0.804. The summed E-state index contributed by atoms with van der Waals surface area (Å²) in [5.74, 6) is -1.33. The van der Waals surface area contributed by atoms with E-state index in [1.165, 1.54) is 10.9 Å². The van der Waals surface area contributed by atoms with Crippen LogP contribution in [0.1, 0.15) is 36.2 Å². The van der Waals surface area contributed by atoms with Crippen molar-refractivity contribution in [3.8, 4) is 0 Å². The first-order chi connectivity index (χ1) is 8.05. The second-order valence-corrected chi connectivity index (χ2v) is 4.39. The van der Waals surface area contributed by atoms with Crippen LogP contribution in [0.25, 0.3) is 0 Å². The van der Waals surface area contributed by atoms with E-state index in [0.29, 0.717) is 18.5 Å². The molecule has 1 amide bonds. The van der Waals surface area contributed by atoms with E-state index in [1.807, 2.05) is 0 Å². The topological polar surface area (TPSA) is 84.2 Å². The number of aryl methyl sites for hydroxylation is 1. The summed E-state index contributed by atoms with van der Waals surface area (Å²) >= 11 is 0. The average Bonchev–Trinajstić information content (AvgIpc) is 2.87. The summed E-state index contributed by atoms with van der Waals surface area (Å²) < 4.78 is 1.43. The zero-order valence-corrected chi connectivity index (χ0v) is 9.64. The molecule has 6 nitrogen and oxygen atoms in total. The summed E-state index contributed by atoms with van der Waals surface area (Å²) in [6.07, 6.45) is 4.16. The number of amides is 1. The Bertz CT molecular complexity index is 447. The van der Waals surface area contributed by atoms with Gasteiger partial charge in [-0.1, -0.05) is 12.8 Å². The first-order valence-electron chi connectivity index (χ1n) is 5.59. The van der Waals surface area contributed by atoms with Gasteiger partial charge in [0.05, 0.1) is 0 Å². The van der Waals surface area contributed by atoms with E-state index in [1.54, 1.807) is 13.1 Å². The number of carbonyl (C=O) groups excluding carboxylic acids is 1. The second-order valence-electron chi connectivity index (χ2n) is 4.39. The predicted octanol–water partition coefficient (Wildman–Crippen LogP) is 0.547. The lowest BCUT2D eigenvalue weighted by molar-refractivity contribution is -0.144. The third kappa shape index (κ3) is 2.02. The predicted molar refractivity (Wildman–Crippen MR) is 59.5 cm³/mol. The van der Waals surface area contributed by atoms with Crippen molar-refractivity contribution in [2.45, 2.75) is 31.2 Å². The zero-order chi connectivity index (χ0) is 12.5. The van der Waals surface area contributed by atoms with Crippen LogP contribution < -0.4 is 5.32 Å². The van der Waals surface area contributed by atoms with Gasteiger partial charge in [0.2, 0.25) is 0 Å². The molecule has 6 heteroatoms. The smallest absolute Gasteiger partial charge is 0.329 e. The Morgan fingerprint density at radius 3 is 2.59 bits per heavy atom. The van der Waals surface area contributed by atoms with Gasteiger partial charge >= 0.3 is 5.97 Å². The molecule has 0 aliphatic heterocycles. The Balaban J connectivity index is 2.17. The number of hydrogen-bond donors (Lipinski definition) is 2. The van der Waals surface area contributed by atoms with Gasteiger partial charge in [-0.15, -0.1) is 0 Å². The van der Waals surface area contributed by atoms with Crippen LogP contribution >= 0.6 is 0 Å². The van der Waals surface area contributed by atoms with Gasteiger partial charge < -0.3 is 10.4 Å². The van der Waals surface area contributed by atoms with Gasteiger partial charge in [0, 0.05) is 13.2 Å². The molecular weight excluding hydrogens is 222 g/mol. The molecule has 2 rings (SSSR count). The minimum atomic E-state index is -1.10. The monoisotopic (exact) mass is 237 g/mol. The third-order valence-corrected chi connectivity index (χ3v) is 3.27. The van der Waals surface area contributed by atoms with Crippen molar-refractivity contribution in [3.63, 3.8) is 0 Å². The average molecular weight is 237 g/mol. The van der Waals surface area contributed by atoms with Crippen LogP contribution in [0.5, 0.6) is 0 Å². The third-order valence-electron chi connectivity index (χ3n) is 3.27. The van der Waals surface area contributed by atoms with Gasteiger partial charge in [-0.05, 0) is 18.9 Å². The molecule has 1 aliphatic rings. The SMILES string of the molecule is Cn1nccc1C(=O)NC1(C(=O)O)CCCC1. The maximum Gasteiger partial charge on any atom is 0.329 e. The fourth-order valence-corrected chi connectivity index (χ4v) is 2.25. The van der Waals surface area contributed by atoms with Gasteiger partial charge in [-0.2, -0.15) is 5.10 Å². The van der Waals surface area contributed by atoms with Crippen LogP contribution in [-0.4, -0.2) is 32.3 Å². The molecule has 0 unspecified atom stereocenters. The number of carbonyl (C=O) groups is 2. The molecule has 2 N–H and O–H groups in total. The van der Waals surface area contributed by atoms with Crippen molar-refractivity contribution in [1.82, 2.24) is 15.1 Å². The van der Waals surface area contributed by atoms with Gasteiger partial charge in [-0.3, -0.25) is 9.48 Å². The highest BCUT2D eigenvalue weighted by Crippen LogP contribution is 2.30. The Morgan fingerprint density at radius 1 is 1.47 bits per heavy atom. The summed E-state index contributed by atoms with van der Waals surface area (Å²) in [7, 11) is 1.65. The van der Waals surface area contributed by atoms with Crippen molar-refractivity contribution in [2.75, 3.05) is 0 Å². The van der Waals surface area contributed by atoms with Crippen LogP contribution in [0.15, 0.2) is 12.3 Å². The second kappa shape index (κ2) is 4.20. The minimum absolute atomic E-state index is 0.373. The van der Waals surface area contributed by atoms with Crippen LogP contribution in [0, 0.1) is 0 Å². The molecule has 0 radical (unpaired) electrons. The molecular formula is C11H15N3O3. The molecule has 1 aliphatic carbocycles. The lowest BCUT2D eigenvalue weighted by Gasteiger charge is -2.25. The minimum Gasteiger partial charge on any atom is -0.480 e. The number of carboxylic acids is 1. The van der Waals surface area contributed by atoms with Gasteiger partial charge in [0.25, 0.3) is 5.91 Å². The Labute approximate surface area is 98.6 Å². The van der Waals surface area contributed by atoms with Gasteiger partial charge in [0.1, 0.15) is 11.2 Å². The van der Waals surface area contributed by atoms with Crippen molar-refractivity contribution in [3.05, 3.63) is 18.0 Å². The molecule has 0 bridgehead atoms. The number of carboxylic acid groups (broad SMARTS) is 1. The first kappa shape index (κ1) is 11.6. The van der Waals surface area contributed by atoms with E-state index in [0.717, 1.165) is 12.8 Å². The Kier molecular flexibility index (Phi) is 2.87. The summed E-state index contributed by atoms with van der Waals surface area (Å²) in [6.45, 7) is 0. The normalized spacial score (nSPS) is 17.9. The Hall–Kier alpha value is -1.85. The molecule has 1 aromatic rings. The highest BCUT2D eigenvalue weighted by molar-refractivity contribution is 5.96. The first-order valence-corrected chi connectivity index (χ1v) is 5.59. The summed E-state index contributed by atoms with van der Waals surface area (Å²) in [5.41, 5.74) is -0.723. The maximum absolute atomic E-state index is 12.0. The number of aromatic nitrogens is 2. The van der Waals surface area contributed by atoms with E-state index in [9.17, 15) is 14.7 Å². The standard InChI is InChI=1S/C11H15N3O3/c1-14-8(4-7-12-14)9(15)13-11(10(16)17)5-2-3-6-11/h4,7H,2-3,5-6H2,1H3,(H,13,15)(H,16,17).